The topological polar surface area (TPSA) is 18.5 Å². The molecule has 0 heterocycles. The summed E-state index contributed by atoms with van der Waals surface area (Å²) in [6.07, 6.45) is 0. The molecule has 0 atom stereocenters. The smallest absolute Gasteiger partial charge is 0.387 e. The van der Waals surface area contributed by atoms with Crippen molar-refractivity contribution in [1.29, 1.82) is 0 Å². The molecule has 0 aromatic heterocycles. The number of hydrogen-bond acceptors (Lipinski definition) is 2. The van der Waals surface area contributed by atoms with E-state index < -0.39 is 6.61 Å². The van der Waals surface area contributed by atoms with Crippen LogP contribution in [-0.4, -0.2) is 13.7 Å². The summed E-state index contributed by atoms with van der Waals surface area (Å²) in [5, 5.41) is -0.0589. The highest BCUT2D eigenvalue weighted by Gasteiger charge is 2.16. The summed E-state index contributed by atoms with van der Waals surface area (Å²) >= 11 is 11.3. The van der Waals surface area contributed by atoms with Crippen LogP contribution in [0.1, 0.15) is 0 Å². The van der Waals surface area contributed by atoms with Gasteiger partial charge in [-0.2, -0.15) is 8.78 Å². The lowest BCUT2D eigenvalue weighted by Gasteiger charge is -2.11. The van der Waals surface area contributed by atoms with Crippen LogP contribution in [0, 0.1) is 0 Å². The van der Waals surface area contributed by atoms with Crippen LogP contribution in [0.15, 0.2) is 12.1 Å². The molecule has 0 bridgehead atoms. The molecule has 1 rings (SSSR count). The Morgan fingerprint density at radius 2 is 1.93 bits per heavy atom. The van der Waals surface area contributed by atoms with E-state index in [0.717, 1.165) is 0 Å². The standard InChI is InChI=1S/C8H6Cl2F2O2/c1-13-5-3-2-4(9)7(6(5)10)14-8(11)12/h2-3,8H,1H3. The minimum Gasteiger partial charge on any atom is -0.495 e. The number of halogens is 4. The molecule has 1 aromatic carbocycles. The Morgan fingerprint density at radius 1 is 1.29 bits per heavy atom. The fourth-order valence-corrected chi connectivity index (χ4v) is 1.41. The molecule has 0 amide bonds. The second-order valence-electron chi connectivity index (χ2n) is 2.27. The molecule has 0 unspecified atom stereocenters. The molecule has 0 radical (unpaired) electrons. The maximum atomic E-state index is 11.9. The summed E-state index contributed by atoms with van der Waals surface area (Å²) in [7, 11) is 1.36. The maximum absolute atomic E-state index is 11.9. The number of benzene rings is 1. The Kier molecular flexibility index (Phi) is 3.77. The zero-order chi connectivity index (χ0) is 10.7. The summed E-state index contributed by atoms with van der Waals surface area (Å²) in [6, 6.07) is 2.83. The van der Waals surface area contributed by atoms with E-state index in [0.29, 0.717) is 0 Å². The van der Waals surface area contributed by atoms with Crippen LogP contribution >= 0.6 is 23.2 Å². The Balaban J connectivity index is 3.11. The van der Waals surface area contributed by atoms with Crippen LogP contribution in [-0.2, 0) is 0 Å². The van der Waals surface area contributed by atoms with Crippen molar-refractivity contribution < 1.29 is 18.3 Å². The van der Waals surface area contributed by atoms with Crippen molar-refractivity contribution in [2.45, 2.75) is 6.61 Å². The molecule has 6 heteroatoms. The van der Waals surface area contributed by atoms with Crippen molar-refractivity contribution >= 4 is 23.2 Å². The first kappa shape index (κ1) is 11.3. The third-order valence-electron chi connectivity index (χ3n) is 1.44. The quantitative estimate of drug-likeness (QED) is 0.807. The average Bonchev–Trinajstić information content (AvgIpc) is 2.12. The average molecular weight is 243 g/mol. The molecular formula is C8H6Cl2F2O2. The van der Waals surface area contributed by atoms with Crippen molar-refractivity contribution in [1.82, 2.24) is 0 Å². The van der Waals surface area contributed by atoms with E-state index in [1.165, 1.54) is 19.2 Å². The van der Waals surface area contributed by atoms with Gasteiger partial charge in [-0.1, -0.05) is 23.2 Å². The molecule has 0 saturated carbocycles. The van der Waals surface area contributed by atoms with Gasteiger partial charge in [0.15, 0.2) is 5.75 Å². The van der Waals surface area contributed by atoms with Crippen molar-refractivity contribution in [2.24, 2.45) is 0 Å². The Bertz CT molecular complexity index is 331. The predicted molar refractivity (Wildman–Crippen MR) is 49.6 cm³/mol. The number of methoxy groups -OCH3 is 1. The second-order valence-corrected chi connectivity index (χ2v) is 3.06. The van der Waals surface area contributed by atoms with Crippen LogP contribution in [0.2, 0.25) is 10.0 Å². The summed E-state index contributed by atoms with van der Waals surface area (Å²) in [5.41, 5.74) is 0. The van der Waals surface area contributed by atoms with E-state index in [1.807, 2.05) is 0 Å². The fourth-order valence-electron chi connectivity index (χ4n) is 0.869. The molecule has 1 aromatic rings. The van der Waals surface area contributed by atoms with Crippen LogP contribution < -0.4 is 9.47 Å². The zero-order valence-electron chi connectivity index (χ0n) is 7.06. The van der Waals surface area contributed by atoms with Crippen molar-refractivity contribution in [3.05, 3.63) is 22.2 Å². The van der Waals surface area contributed by atoms with Crippen LogP contribution in [0.5, 0.6) is 11.5 Å². The molecule has 2 nitrogen and oxygen atoms in total. The van der Waals surface area contributed by atoms with Gasteiger partial charge >= 0.3 is 6.61 Å². The van der Waals surface area contributed by atoms with Crippen molar-refractivity contribution in [3.63, 3.8) is 0 Å². The first-order valence-corrected chi connectivity index (χ1v) is 4.28. The number of ether oxygens (including phenoxy) is 2. The number of alkyl halides is 2. The van der Waals surface area contributed by atoms with Gasteiger partial charge in [0.2, 0.25) is 0 Å². The molecule has 0 spiro atoms. The third kappa shape index (κ3) is 2.39. The number of hydrogen-bond donors (Lipinski definition) is 0. The third-order valence-corrected chi connectivity index (χ3v) is 2.10. The van der Waals surface area contributed by atoms with Crippen LogP contribution in [0.4, 0.5) is 8.78 Å². The molecule has 0 aliphatic carbocycles. The van der Waals surface area contributed by atoms with Crippen molar-refractivity contribution in [3.8, 4) is 11.5 Å². The Morgan fingerprint density at radius 3 is 2.43 bits per heavy atom. The van der Waals surface area contributed by atoms with Crippen LogP contribution in [0.25, 0.3) is 0 Å². The normalized spacial score (nSPS) is 10.4. The summed E-state index contributed by atoms with van der Waals surface area (Å²) < 4.78 is 32.8. The molecule has 0 aliphatic heterocycles. The minimum absolute atomic E-state index is 0.0103. The molecule has 0 N–H and O–H groups in total. The monoisotopic (exact) mass is 242 g/mol. The molecule has 0 saturated heterocycles. The van der Waals surface area contributed by atoms with E-state index in [2.05, 4.69) is 4.74 Å². The fraction of sp³-hybridized carbons (Fsp3) is 0.250. The second kappa shape index (κ2) is 4.66. The first-order valence-electron chi connectivity index (χ1n) is 3.53. The van der Waals surface area contributed by atoms with Crippen LogP contribution in [0.3, 0.4) is 0 Å². The molecule has 14 heavy (non-hydrogen) atoms. The summed E-state index contributed by atoms with van der Waals surface area (Å²) in [5.74, 6) is -0.0469. The molecule has 0 aliphatic rings. The van der Waals surface area contributed by atoms with Gasteiger partial charge in [-0.3, -0.25) is 0 Å². The van der Waals surface area contributed by atoms with Gasteiger partial charge < -0.3 is 9.47 Å². The van der Waals surface area contributed by atoms with Gasteiger partial charge in [-0.25, -0.2) is 0 Å². The predicted octanol–water partition coefficient (Wildman–Crippen LogP) is 3.60. The van der Waals surface area contributed by atoms with Gasteiger partial charge in [0.05, 0.1) is 12.1 Å². The highest BCUT2D eigenvalue weighted by atomic mass is 35.5. The Labute approximate surface area is 89.3 Å². The lowest BCUT2D eigenvalue weighted by Crippen LogP contribution is -2.03. The highest BCUT2D eigenvalue weighted by Crippen LogP contribution is 2.40. The zero-order valence-corrected chi connectivity index (χ0v) is 8.57. The van der Waals surface area contributed by atoms with Gasteiger partial charge in [0.25, 0.3) is 0 Å². The van der Waals surface area contributed by atoms with Gasteiger partial charge in [0.1, 0.15) is 10.8 Å². The lowest BCUT2D eigenvalue weighted by molar-refractivity contribution is -0.0498. The SMILES string of the molecule is COc1ccc(Cl)c(OC(F)F)c1Cl. The molecule has 0 fully saturated rings. The minimum atomic E-state index is -2.97. The van der Waals surface area contributed by atoms with Gasteiger partial charge in [-0.15, -0.1) is 0 Å². The highest BCUT2D eigenvalue weighted by molar-refractivity contribution is 6.38. The number of rotatable bonds is 3. The summed E-state index contributed by atoms with van der Waals surface area (Å²) in [6.45, 7) is -2.97. The lowest BCUT2D eigenvalue weighted by atomic mass is 10.3. The van der Waals surface area contributed by atoms with E-state index >= 15 is 0 Å². The van der Waals surface area contributed by atoms with E-state index in [9.17, 15) is 8.78 Å². The van der Waals surface area contributed by atoms with Crippen molar-refractivity contribution in [2.75, 3.05) is 7.11 Å². The Hall–Kier alpha value is -0.740. The molecule has 78 valence electrons. The summed E-state index contributed by atoms with van der Waals surface area (Å²) in [4.78, 5) is 0. The van der Waals surface area contributed by atoms with Gasteiger partial charge in [-0.05, 0) is 12.1 Å². The van der Waals surface area contributed by atoms with E-state index in [-0.39, 0.29) is 21.5 Å². The van der Waals surface area contributed by atoms with Gasteiger partial charge in [0, 0.05) is 0 Å². The first-order chi connectivity index (χ1) is 6.56. The van der Waals surface area contributed by atoms with E-state index in [1.54, 1.807) is 0 Å². The molecular weight excluding hydrogens is 237 g/mol. The largest absolute Gasteiger partial charge is 0.495 e. The van der Waals surface area contributed by atoms with E-state index in [4.69, 9.17) is 27.9 Å². The maximum Gasteiger partial charge on any atom is 0.387 e.